The van der Waals surface area contributed by atoms with Crippen LogP contribution < -0.4 is 9.47 Å². The Hall–Kier alpha value is -0.780. The van der Waals surface area contributed by atoms with E-state index in [-0.39, 0.29) is 6.61 Å². The fraction of sp³-hybridized carbons (Fsp3) is 0.538. The van der Waals surface area contributed by atoms with Gasteiger partial charge < -0.3 is 14.6 Å². The van der Waals surface area contributed by atoms with Crippen molar-refractivity contribution in [1.29, 1.82) is 0 Å². The SMILES string of the molecule is CN(CCO)Cc1cc(Br)c2c(c1)OCCCO2. The number of aliphatic hydroxyl groups excluding tert-OH is 1. The van der Waals surface area contributed by atoms with E-state index in [0.29, 0.717) is 19.8 Å². The van der Waals surface area contributed by atoms with Crippen LogP contribution in [0.3, 0.4) is 0 Å². The second-order valence-corrected chi connectivity index (χ2v) is 5.27. The maximum Gasteiger partial charge on any atom is 0.175 e. The van der Waals surface area contributed by atoms with Crippen LogP contribution in [0.15, 0.2) is 16.6 Å². The zero-order valence-corrected chi connectivity index (χ0v) is 12.1. The van der Waals surface area contributed by atoms with Crippen molar-refractivity contribution >= 4 is 15.9 Å². The Bertz CT molecular complexity index is 411. The van der Waals surface area contributed by atoms with Crippen molar-refractivity contribution < 1.29 is 14.6 Å². The van der Waals surface area contributed by atoms with Crippen LogP contribution in [0.5, 0.6) is 11.5 Å². The number of benzene rings is 1. The lowest BCUT2D eigenvalue weighted by atomic mass is 10.2. The number of rotatable bonds is 4. The molecule has 0 aliphatic carbocycles. The van der Waals surface area contributed by atoms with Gasteiger partial charge in [-0.15, -0.1) is 0 Å². The van der Waals surface area contributed by atoms with E-state index in [1.165, 1.54) is 0 Å². The number of nitrogens with zero attached hydrogens (tertiary/aromatic N) is 1. The number of likely N-dealkylation sites (N-methyl/N-ethyl adjacent to an activating group) is 1. The third-order valence-electron chi connectivity index (χ3n) is 2.80. The molecule has 1 heterocycles. The molecule has 4 nitrogen and oxygen atoms in total. The fourth-order valence-electron chi connectivity index (χ4n) is 1.94. The Kier molecular flexibility index (Phi) is 4.86. The van der Waals surface area contributed by atoms with E-state index >= 15 is 0 Å². The lowest BCUT2D eigenvalue weighted by Gasteiger charge is -2.17. The quantitative estimate of drug-likeness (QED) is 0.923. The first-order valence-electron chi connectivity index (χ1n) is 6.08. The molecule has 0 spiro atoms. The van der Waals surface area contributed by atoms with Gasteiger partial charge in [0.15, 0.2) is 11.5 Å². The predicted molar refractivity (Wildman–Crippen MR) is 73.2 cm³/mol. The van der Waals surface area contributed by atoms with Gasteiger partial charge in [0.25, 0.3) is 0 Å². The predicted octanol–water partition coefficient (Wildman–Crippen LogP) is 2.03. The number of ether oxygens (including phenoxy) is 2. The minimum absolute atomic E-state index is 0.169. The van der Waals surface area contributed by atoms with Crippen LogP contribution in [-0.2, 0) is 6.54 Å². The molecular formula is C13H18BrNO3. The lowest BCUT2D eigenvalue weighted by Crippen LogP contribution is -2.21. The average Bonchev–Trinajstić information content (AvgIpc) is 2.54. The molecule has 0 radical (unpaired) electrons. The molecule has 1 aromatic carbocycles. The molecule has 100 valence electrons. The molecule has 1 aliphatic rings. The maximum atomic E-state index is 8.90. The number of aliphatic hydroxyl groups is 1. The fourth-order valence-corrected chi connectivity index (χ4v) is 2.54. The van der Waals surface area contributed by atoms with E-state index < -0.39 is 0 Å². The monoisotopic (exact) mass is 315 g/mol. The summed E-state index contributed by atoms with van der Waals surface area (Å²) in [5, 5.41) is 8.90. The Balaban J connectivity index is 2.18. The Labute approximate surface area is 116 Å². The zero-order valence-electron chi connectivity index (χ0n) is 10.5. The molecule has 18 heavy (non-hydrogen) atoms. The summed E-state index contributed by atoms with van der Waals surface area (Å²) in [6.07, 6.45) is 0.904. The van der Waals surface area contributed by atoms with Crippen molar-refractivity contribution in [2.24, 2.45) is 0 Å². The average molecular weight is 316 g/mol. The molecule has 0 saturated carbocycles. The molecule has 5 heteroatoms. The second kappa shape index (κ2) is 6.41. The van der Waals surface area contributed by atoms with Crippen LogP contribution in [0.2, 0.25) is 0 Å². The van der Waals surface area contributed by atoms with Crippen LogP contribution in [0, 0.1) is 0 Å². The van der Waals surface area contributed by atoms with Crippen LogP contribution in [0.4, 0.5) is 0 Å². The first-order valence-corrected chi connectivity index (χ1v) is 6.87. The van der Waals surface area contributed by atoms with Gasteiger partial charge in [-0.3, -0.25) is 4.90 Å². The largest absolute Gasteiger partial charge is 0.490 e. The molecule has 0 amide bonds. The van der Waals surface area contributed by atoms with Gasteiger partial charge in [-0.1, -0.05) is 0 Å². The first-order chi connectivity index (χ1) is 8.70. The van der Waals surface area contributed by atoms with Gasteiger partial charge in [0, 0.05) is 19.5 Å². The van der Waals surface area contributed by atoms with Gasteiger partial charge in [-0.2, -0.15) is 0 Å². The highest BCUT2D eigenvalue weighted by Gasteiger charge is 2.15. The van der Waals surface area contributed by atoms with E-state index in [4.69, 9.17) is 14.6 Å². The van der Waals surface area contributed by atoms with Gasteiger partial charge >= 0.3 is 0 Å². The minimum Gasteiger partial charge on any atom is -0.490 e. The van der Waals surface area contributed by atoms with Crippen LogP contribution >= 0.6 is 15.9 Å². The molecule has 0 atom stereocenters. The first kappa shape index (κ1) is 13.6. The van der Waals surface area contributed by atoms with Gasteiger partial charge in [0.05, 0.1) is 24.3 Å². The normalized spacial score (nSPS) is 14.7. The molecule has 0 bridgehead atoms. The summed E-state index contributed by atoms with van der Waals surface area (Å²) < 4.78 is 12.3. The highest BCUT2D eigenvalue weighted by Crippen LogP contribution is 2.38. The summed E-state index contributed by atoms with van der Waals surface area (Å²) >= 11 is 3.52. The summed E-state index contributed by atoms with van der Waals surface area (Å²) in [4.78, 5) is 2.06. The number of fused-ring (bicyclic) bond motifs is 1. The summed E-state index contributed by atoms with van der Waals surface area (Å²) in [7, 11) is 1.98. The number of hydrogen-bond acceptors (Lipinski definition) is 4. The Morgan fingerprint density at radius 3 is 2.89 bits per heavy atom. The van der Waals surface area contributed by atoms with Gasteiger partial charge in [0.1, 0.15) is 0 Å². The smallest absolute Gasteiger partial charge is 0.175 e. The minimum atomic E-state index is 0.169. The summed E-state index contributed by atoms with van der Waals surface area (Å²) in [5.74, 6) is 1.59. The molecule has 0 unspecified atom stereocenters. The highest BCUT2D eigenvalue weighted by atomic mass is 79.9. The molecule has 1 aromatic rings. The highest BCUT2D eigenvalue weighted by molar-refractivity contribution is 9.10. The van der Waals surface area contributed by atoms with E-state index in [9.17, 15) is 0 Å². The maximum absolute atomic E-state index is 8.90. The van der Waals surface area contributed by atoms with E-state index in [1.807, 2.05) is 19.2 Å². The zero-order chi connectivity index (χ0) is 13.0. The molecule has 1 aliphatic heterocycles. The summed E-state index contributed by atoms with van der Waals surface area (Å²) in [5.41, 5.74) is 1.14. The molecule has 0 saturated heterocycles. The van der Waals surface area contributed by atoms with E-state index in [2.05, 4.69) is 20.8 Å². The van der Waals surface area contributed by atoms with Crippen LogP contribution in [0.1, 0.15) is 12.0 Å². The van der Waals surface area contributed by atoms with E-state index in [1.54, 1.807) is 0 Å². The van der Waals surface area contributed by atoms with Crippen molar-refractivity contribution in [3.8, 4) is 11.5 Å². The van der Waals surface area contributed by atoms with Gasteiger partial charge in [0.2, 0.25) is 0 Å². The molecule has 0 fully saturated rings. The van der Waals surface area contributed by atoms with Crippen molar-refractivity contribution in [1.82, 2.24) is 4.90 Å². The standard InChI is InChI=1S/C13H18BrNO3/c1-15(3-4-16)9-10-7-11(14)13-12(8-10)17-5-2-6-18-13/h7-8,16H,2-6,9H2,1H3. The Morgan fingerprint density at radius 1 is 1.33 bits per heavy atom. The van der Waals surface area contributed by atoms with Crippen molar-refractivity contribution in [2.75, 3.05) is 33.4 Å². The molecular weight excluding hydrogens is 298 g/mol. The third-order valence-corrected chi connectivity index (χ3v) is 3.39. The van der Waals surface area contributed by atoms with Crippen molar-refractivity contribution in [2.45, 2.75) is 13.0 Å². The summed E-state index contributed by atoms with van der Waals surface area (Å²) in [6, 6.07) is 4.06. The van der Waals surface area contributed by atoms with E-state index in [0.717, 1.165) is 34.5 Å². The number of halogens is 1. The topological polar surface area (TPSA) is 41.9 Å². The second-order valence-electron chi connectivity index (χ2n) is 4.42. The Morgan fingerprint density at radius 2 is 2.11 bits per heavy atom. The van der Waals surface area contributed by atoms with Crippen LogP contribution in [-0.4, -0.2) is 43.4 Å². The number of hydrogen-bond donors (Lipinski definition) is 1. The third kappa shape index (κ3) is 3.37. The molecule has 0 aromatic heterocycles. The van der Waals surface area contributed by atoms with Crippen molar-refractivity contribution in [3.05, 3.63) is 22.2 Å². The lowest BCUT2D eigenvalue weighted by molar-refractivity contribution is 0.217. The molecule has 2 rings (SSSR count). The van der Waals surface area contributed by atoms with Gasteiger partial charge in [-0.05, 0) is 40.7 Å². The van der Waals surface area contributed by atoms with Gasteiger partial charge in [-0.25, -0.2) is 0 Å². The van der Waals surface area contributed by atoms with Crippen LogP contribution in [0.25, 0.3) is 0 Å². The molecule has 1 N–H and O–H groups in total. The van der Waals surface area contributed by atoms with Crippen molar-refractivity contribution in [3.63, 3.8) is 0 Å². The summed E-state index contributed by atoms with van der Waals surface area (Å²) in [6.45, 7) is 2.98.